The van der Waals surface area contributed by atoms with Crippen molar-refractivity contribution in [1.82, 2.24) is 0 Å². The third kappa shape index (κ3) is 5.65. The summed E-state index contributed by atoms with van der Waals surface area (Å²) in [6.07, 6.45) is 1.09. The van der Waals surface area contributed by atoms with Crippen molar-refractivity contribution >= 4 is 29.3 Å². The molecule has 2 N–H and O–H groups in total. The lowest BCUT2D eigenvalue weighted by Crippen LogP contribution is -2.15. The minimum absolute atomic E-state index is 0.0932. The number of carboxylic acids is 1. The van der Waals surface area contributed by atoms with Crippen LogP contribution >= 0.6 is 11.8 Å². The van der Waals surface area contributed by atoms with Gasteiger partial charge in [0.2, 0.25) is 5.91 Å². The van der Waals surface area contributed by atoms with Crippen LogP contribution in [0.3, 0.4) is 0 Å². The minimum Gasteiger partial charge on any atom is -0.478 e. The van der Waals surface area contributed by atoms with Gasteiger partial charge in [0, 0.05) is 5.69 Å². The molecule has 20 heavy (non-hydrogen) atoms. The van der Waals surface area contributed by atoms with E-state index in [0.717, 1.165) is 17.7 Å². The number of carbonyl (C=O) groups is 2. The van der Waals surface area contributed by atoms with E-state index in [2.05, 4.69) is 19.2 Å². The molecule has 0 unspecified atom stereocenters. The Morgan fingerprint density at radius 3 is 2.65 bits per heavy atom. The summed E-state index contributed by atoms with van der Waals surface area (Å²) in [4.78, 5) is 22.7. The van der Waals surface area contributed by atoms with Crippen molar-refractivity contribution in [1.29, 1.82) is 0 Å². The zero-order valence-corrected chi connectivity index (χ0v) is 12.9. The molecule has 110 valence electrons. The van der Waals surface area contributed by atoms with Gasteiger partial charge in [0.15, 0.2) is 0 Å². The van der Waals surface area contributed by atoms with Gasteiger partial charge in [-0.25, -0.2) is 4.79 Å². The minimum atomic E-state index is -0.994. The van der Waals surface area contributed by atoms with Crippen LogP contribution in [0.1, 0.15) is 36.2 Å². The van der Waals surface area contributed by atoms with E-state index in [0.29, 0.717) is 17.4 Å². The van der Waals surface area contributed by atoms with Crippen molar-refractivity contribution in [3.05, 3.63) is 29.3 Å². The predicted molar refractivity (Wildman–Crippen MR) is 83.5 cm³/mol. The highest BCUT2D eigenvalue weighted by atomic mass is 32.2. The van der Waals surface area contributed by atoms with Crippen LogP contribution < -0.4 is 5.32 Å². The van der Waals surface area contributed by atoms with Gasteiger partial charge in [-0.15, -0.1) is 0 Å². The van der Waals surface area contributed by atoms with E-state index in [9.17, 15) is 9.59 Å². The van der Waals surface area contributed by atoms with Crippen molar-refractivity contribution in [2.24, 2.45) is 5.92 Å². The molecule has 1 rings (SSSR count). The third-order valence-electron chi connectivity index (χ3n) is 2.83. The highest BCUT2D eigenvalue weighted by Gasteiger charge is 2.09. The Morgan fingerprint density at radius 1 is 1.35 bits per heavy atom. The standard InChI is InChI=1S/C15H21NO3S/c1-10(2)6-7-20-9-14(17)16-13-8-12(15(18)19)5-4-11(13)3/h4-5,8,10H,6-7,9H2,1-3H3,(H,16,17)(H,18,19). The fourth-order valence-electron chi connectivity index (χ4n) is 1.56. The molecule has 0 aromatic heterocycles. The van der Waals surface area contributed by atoms with E-state index in [1.807, 2.05) is 6.92 Å². The van der Waals surface area contributed by atoms with Crippen LogP contribution in [0, 0.1) is 12.8 Å². The summed E-state index contributed by atoms with van der Waals surface area (Å²) in [5.74, 6) is 0.902. The normalized spacial score (nSPS) is 10.6. The summed E-state index contributed by atoms with van der Waals surface area (Å²) in [5, 5.41) is 11.7. The molecule has 0 fully saturated rings. The Bertz CT molecular complexity index is 486. The number of anilines is 1. The maximum Gasteiger partial charge on any atom is 0.335 e. The highest BCUT2D eigenvalue weighted by molar-refractivity contribution is 7.99. The van der Waals surface area contributed by atoms with Crippen molar-refractivity contribution < 1.29 is 14.7 Å². The van der Waals surface area contributed by atoms with Crippen LogP contribution in [0.25, 0.3) is 0 Å². The lowest BCUT2D eigenvalue weighted by Gasteiger charge is -2.09. The fourth-order valence-corrected chi connectivity index (χ4v) is 2.60. The first-order valence-electron chi connectivity index (χ1n) is 6.61. The SMILES string of the molecule is Cc1ccc(C(=O)O)cc1NC(=O)CSCCC(C)C. The van der Waals surface area contributed by atoms with Crippen LogP contribution in [0.4, 0.5) is 5.69 Å². The lowest BCUT2D eigenvalue weighted by molar-refractivity contribution is -0.113. The van der Waals surface area contributed by atoms with Gasteiger partial charge >= 0.3 is 5.97 Å². The monoisotopic (exact) mass is 295 g/mol. The average Bonchev–Trinajstić information content (AvgIpc) is 2.37. The molecule has 0 heterocycles. The van der Waals surface area contributed by atoms with Gasteiger partial charge in [-0.1, -0.05) is 19.9 Å². The molecule has 0 saturated carbocycles. The third-order valence-corrected chi connectivity index (χ3v) is 3.82. The smallest absolute Gasteiger partial charge is 0.335 e. The fraction of sp³-hybridized carbons (Fsp3) is 0.467. The maximum atomic E-state index is 11.8. The van der Waals surface area contributed by atoms with Crippen LogP contribution in [0.2, 0.25) is 0 Å². The van der Waals surface area contributed by atoms with Gasteiger partial charge in [0.25, 0.3) is 0 Å². The molecule has 0 bridgehead atoms. The van der Waals surface area contributed by atoms with E-state index < -0.39 is 5.97 Å². The summed E-state index contributed by atoms with van der Waals surface area (Å²) in [5.41, 5.74) is 1.60. The lowest BCUT2D eigenvalue weighted by atomic mass is 10.1. The number of benzene rings is 1. The van der Waals surface area contributed by atoms with Crippen molar-refractivity contribution in [3.8, 4) is 0 Å². The van der Waals surface area contributed by atoms with Gasteiger partial charge in [-0.2, -0.15) is 11.8 Å². The first kappa shape index (κ1) is 16.6. The largest absolute Gasteiger partial charge is 0.478 e. The number of carbonyl (C=O) groups excluding carboxylic acids is 1. The zero-order chi connectivity index (χ0) is 15.1. The summed E-state index contributed by atoms with van der Waals surface area (Å²) >= 11 is 1.60. The summed E-state index contributed by atoms with van der Waals surface area (Å²) < 4.78 is 0. The van der Waals surface area contributed by atoms with E-state index in [4.69, 9.17) is 5.11 Å². The van der Waals surface area contributed by atoms with Gasteiger partial charge in [-0.05, 0) is 42.7 Å². The van der Waals surface area contributed by atoms with Crippen molar-refractivity contribution in [2.45, 2.75) is 27.2 Å². The molecule has 1 aromatic rings. The molecule has 1 aromatic carbocycles. The maximum absolute atomic E-state index is 11.8. The number of thioether (sulfide) groups is 1. The number of nitrogens with one attached hydrogen (secondary N) is 1. The van der Waals surface area contributed by atoms with Gasteiger partial charge in [0.1, 0.15) is 0 Å². The molecule has 0 aliphatic carbocycles. The highest BCUT2D eigenvalue weighted by Crippen LogP contribution is 2.17. The van der Waals surface area contributed by atoms with Gasteiger partial charge < -0.3 is 10.4 Å². The second-order valence-electron chi connectivity index (χ2n) is 5.12. The number of hydrogen-bond acceptors (Lipinski definition) is 3. The number of amides is 1. The summed E-state index contributed by atoms with van der Waals surface area (Å²) in [7, 11) is 0. The van der Waals surface area contributed by atoms with Crippen LogP contribution in [-0.2, 0) is 4.79 Å². The predicted octanol–water partition coefficient (Wildman–Crippen LogP) is 3.41. The number of hydrogen-bond donors (Lipinski definition) is 2. The molecule has 0 aliphatic rings. The van der Waals surface area contributed by atoms with Crippen LogP contribution in [-0.4, -0.2) is 28.5 Å². The van der Waals surface area contributed by atoms with Gasteiger partial charge in [-0.3, -0.25) is 4.79 Å². The van der Waals surface area contributed by atoms with Crippen molar-refractivity contribution in [2.75, 3.05) is 16.8 Å². The second kappa shape index (κ2) is 7.94. The molecular weight excluding hydrogens is 274 g/mol. The Balaban J connectivity index is 2.53. The molecule has 0 spiro atoms. The topological polar surface area (TPSA) is 66.4 Å². The number of rotatable bonds is 7. The number of carboxylic acid groups (broad SMARTS) is 1. The summed E-state index contributed by atoms with van der Waals surface area (Å²) in [6, 6.07) is 4.73. The number of aryl methyl sites for hydroxylation is 1. The van der Waals surface area contributed by atoms with E-state index in [-0.39, 0.29) is 11.5 Å². The van der Waals surface area contributed by atoms with E-state index in [1.165, 1.54) is 12.1 Å². The quantitative estimate of drug-likeness (QED) is 0.756. The molecule has 5 heteroatoms. The second-order valence-corrected chi connectivity index (χ2v) is 6.22. The first-order chi connectivity index (χ1) is 9.40. The molecule has 4 nitrogen and oxygen atoms in total. The Kier molecular flexibility index (Phi) is 6.58. The van der Waals surface area contributed by atoms with E-state index >= 15 is 0 Å². The number of aromatic carboxylic acids is 1. The Hall–Kier alpha value is -1.49. The molecule has 0 saturated heterocycles. The average molecular weight is 295 g/mol. The molecular formula is C15H21NO3S. The first-order valence-corrected chi connectivity index (χ1v) is 7.77. The molecule has 1 amide bonds. The molecule has 0 radical (unpaired) electrons. The summed E-state index contributed by atoms with van der Waals surface area (Å²) in [6.45, 7) is 6.15. The zero-order valence-electron chi connectivity index (χ0n) is 12.1. The van der Waals surface area contributed by atoms with E-state index in [1.54, 1.807) is 17.8 Å². The Morgan fingerprint density at radius 2 is 2.05 bits per heavy atom. The van der Waals surface area contributed by atoms with Crippen LogP contribution in [0.5, 0.6) is 0 Å². The van der Waals surface area contributed by atoms with Crippen LogP contribution in [0.15, 0.2) is 18.2 Å². The Labute approximate surface area is 124 Å². The van der Waals surface area contributed by atoms with Crippen molar-refractivity contribution in [3.63, 3.8) is 0 Å². The van der Waals surface area contributed by atoms with Gasteiger partial charge in [0.05, 0.1) is 11.3 Å². The molecule has 0 atom stereocenters. The molecule has 0 aliphatic heterocycles.